The van der Waals surface area contributed by atoms with E-state index in [4.69, 9.17) is 14.2 Å². The molecule has 1 aliphatic heterocycles. The summed E-state index contributed by atoms with van der Waals surface area (Å²) in [6.07, 6.45) is -0.287. The molecule has 1 saturated heterocycles. The molecule has 1 heterocycles. The molecule has 0 unspecified atom stereocenters. The van der Waals surface area contributed by atoms with Gasteiger partial charge in [-0.25, -0.2) is 0 Å². The van der Waals surface area contributed by atoms with Gasteiger partial charge in [0.2, 0.25) is 0 Å². The number of carbonyl (C=O) groups excluding carboxylic acids is 1. The van der Waals surface area contributed by atoms with Gasteiger partial charge in [0.1, 0.15) is 0 Å². The molecule has 2 rings (SSSR count). The summed E-state index contributed by atoms with van der Waals surface area (Å²) in [6, 6.07) is 9.79. The van der Waals surface area contributed by atoms with Crippen LogP contribution in [0.1, 0.15) is 39.0 Å². The molecule has 0 N–H and O–H groups in total. The van der Waals surface area contributed by atoms with E-state index in [0.29, 0.717) is 6.61 Å². The van der Waals surface area contributed by atoms with Crippen LogP contribution in [0.5, 0.6) is 0 Å². The lowest BCUT2D eigenvalue weighted by molar-refractivity contribution is -0.267. The maximum absolute atomic E-state index is 11.7. The number of rotatable bonds is 4. The molecule has 0 aliphatic carbocycles. The highest BCUT2D eigenvalue weighted by Crippen LogP contribution is 2.34. The van der Waals surface area contributed by atoms with Gasteiger partial charge in [-0.2, -0.15) is 0 Å². The van der Waals surface area contributed by atoms with Crippen LogP contribution in [0, 0.1) is 5.92 Å². The van der Waals surface area contributed by atoms with Crippen molar-refractivity contribution >= 4 is 5.97 Å². The molecular formula is C16H22O4. The Morgan fingerprint density at radius 1 is 1.20 bits per heavy atom. The number of ether oxygens (including phenoxy) is 3. The molecule has 4 heteroatoms. The van der Waals surface area contributed by atoms with Gasteiger partial charge in [-0.15, -0.1) is 0 Å². The minimum absolute atomic E-state index is 0.0355. The standard InChI is InChI=1S/C16H22O4/c1-4-18-15(17)10-14-11(2)12(3)19-16(20-14)13-8-6-5-7-9-13/h5-9,11-12,14,16H,4,10H2,1-3H3/t11-,12+,14-,16+/m1/s1. The second kappa shape index (κ2) is 6.86. The third-order valence-electron chi connectivity index (χ3n) is 3.71. The first-order valence-corrected chi connectivity index (χ1v) is 7.13. The minimum Gasteiger partial charge on any atom is -0.466 e. The first-order valence-electron chi connectivity index (χ1n) is 7.13. The van der Waals surface area contributed by atoms with E-state index in [1.165, 1.54) is 0 Å². The van der Waals surface area contributed by atoms with Crippen LogP contribution in [0.2, 0.25) is 0 Å². The Kier molecular flexibility index (Phi) is 5.15. The van der Waals surface area contributed by atoms with Crippen molar-refractivity contribution in [3.8, 4) is 0 Å². The Hall–Kier alpha value is -1.39. The maximum atomic E-state index is 11.7. The van der Waals surface area contributed by atoms with Crippen molar-refractivity contribution in [2.75, 3.05) is 6.61 Å². The molecule has 1 aromatic carbocycles. The lowest BCUT2D eigenvalue weighted by Crippen LogP contribution is -2.41. The van der Waals surface area contributed by atoms with Gasteiger partial charge in [0.15, 0.2) is 6.29 Å². The largest absolute Gasteiger partial charge is 0.466 e. The summed E-state index contributed by atoms with van der Waals surface area (Å²) in [5, 5.41) is 0. The fraction of sp³-hybridized carbons (Fsp3) is 0.562. The lowest BCUT2D eigenvalue weighted by atomic mass is 9.95. The van der Waals surface area contributed by atoms with Crippen LogP contribution in [0.4, 0.5) is 0 Å². The summed E-state index contributed by atoms with van der Waals surface area (Å²) >= 11 is 0. The highest BCUT2D eigenvalue weighted by atomic mass is 16.7. The number of benzene rings is 1. The van der Waals surface area contributed by atoms with E-state index in [1.807, 2.05) is 51.1 Å². The van der Waals surface area contributed by atoms with Crippen LogP contribution < -0.4 is 0 Å². The molecule has 0 spiro atoms. The Balaban J connectivity index is 2.06. The minimum atomic E-state index is -0.415. The third kappa shape index (κ3) is 3.58. The van der Waals surface area contributed by atoms with Crippen LogP contribution in [0.3, 0.4) is 0 Å². The Labute approximate surface area is 120 Å². The second-order valence-electron chi connectivity index (χ2n) is 5.13. The molecule has 20 heavy (non-hydrogen) atoms. The Morgan fingerprint density at radius 2 is 1.90 bits per heavy atom. The predicted molar refractivity (Wildman–Crippen MR) is 75.0 cm³/mol. The second-order valence-corrected chi connectivity index (χ2v) is 5.13. The third-order valence-corrected chi connectivity index (χ3v) is 3.71. The molecule has 4 nitrogen and oxygen atoms in total. The summed E-state index contributed by atoms with van der Waals surface area (Å²) in [6.45, 7) is 6.26. The summed E-state index contributed by atoms with van der Waals surface area (Å²) < 4.78 is 16.8. The predicted octanol–water partition coefficient (Wildman–Crippen LogP) is 3.08. The topological polar surface area (TPSA) is 44.8 Å². The SMILES string of the molecule is CCOC(=O)C[C@H]1O[C@@H](c2ccccc2)O[C@@H](C)[C@H]1C. The smallest absolute Gasteiger partial charge is 0.308 e. The maximum Gasteiger partial charge on any atom is 0.308 e. The molecule has 0 bridgehead atoms. The van der Waals surface area contributed by atoms with Crippen molar-refractivity contribution in [1.82, 2.24) is 0 Å². The van der Waals surface area contributed by atoms with Gasteiger partial charge in [-0.05, 0) is 13.8 Å². The van der Waals surface area contributed by atoms with Crippen molar-refractivity contribution in [2.45, 2.75) is 45.7 Å². The number of hydrogen-bond donors (Lipinski definition) is 0. The molecule has 0 aromatic heterocycles. The monoisotopic (exact) mass is 278 g/mol. The highest BCUT2D eigenvalue weighted by Gasteiger charge is 2.36. The zero-order valence-corrected chi connectivity index (χ0v) is 12.2. The Bertz CT molecular complexity index is 431. The zero-order chi connectivity index (χ0) is 14.5. The van der Waals surface area contributed by atoms with Crippen molar-refractivity contribution in [2.24, 2.45) is 5.92 Å². The molecule has 1 aliphatic rings. The van der Waals surface area contributed by atoms with Gasteiger partial charge < -0.3 is 14.2 Å². The van der Waals surface area contributed by atoms with Crippen molar-refractivity contribution in [3.63, 3.8) is 0 Å². The summed E-state index contributed by atoms with van der Waals surface area (Å²) in [7, 11) is 0. The quantitative estimate of drug-likeness (QED) is 0.794. The molecule has 1 aromatic rings. The summed E-state index contributed by atoms with van der Waals surface area (Å²) in [5.41, 5.74) is 0.972. The van der Waals surface area contributed by atoms with Gasteiger partial charge in [-0.3, -0.25) is 4.79 Å². The van der Waals surface area contributed by atoms with E-state index >= 15 is 0 Å². The molecular weight excluding hydrogens is 256 g/mol. The van der Waals surface area contributed by atoms with Crippen molar-refractivity contribution in [1.29, 1.82) is 0 Å². The molecule has 4 atom stereocenters. The lowest BCUT2D eigenvalue weighted by Gasteiger charge is -2.39. The molecule has 110 valence electrons. The van der Waals surface area contributed by atoms with Gasteiger partial charge in [0.05, 0.1) is 25.2 Å². The van der Waals surface area contributed by atoms with Crippen LogP contribution >= 0.6 is 0 Å². The molecule has 1 fully saturated rings. The fourth-order valence-corrected chi connectivity index (χ4v) is 2.32. The average molecular weight is 278 g/mol. The van der Waals surface area contributed by atoms with Crippen LogP contribution in [-0.4, -0.2) is 24.8 Å². The number of hydrogen-bond acceptors (Lipinski definition) is 4. The normalized spacial score (nSPS) is 29.9. The summed E-state index contributed by atoms with van der Waals surface area (Å²) in [5.74, 6) is -0.0652. The van der Waals surface area contributed by atoms with Gasteiger partial charge >= 0.3 is 5.97 Å². The van der Waals surface area contributed by atoms with Gasteiger partial charge in [-0.1, -0.05) is 37.3 Å². The number of carbonyl (C=O) groups is 1. The first kappa shape index (κ1) is 15.0. The summed E-state index contributed by atoms with van der Waals surface area (Å²) in [4.78, 5) is 11.7. The van der Waals surface area contributed by atoms with Crippen molar-refractivity contribution in [3.05, 3.63) is 35.9 Å². The van der Waals surface area contributed by atoms with Crippen LogP contribution in [-0.2, 0) is 19.0 Å². The van der Waals surface area contributed by atoms with Crippen molar-refractivity contribution < 1.29 is 19.0 Å². The zero-order valence-electron chi connectivity index (χ0n) is 12.2. The van der Waals surface area contributed by atoms with Crippen LogP contribution in [0.15, 0.2) is 30.3 Å². The van der Waals surface area contributed by atoms with E-state index < -0.39 is 6.29 Å². The highest BCUT2D eigenvalue weighted by molar-refractivity contribution is 5.70. The van der Waals surface area contributed by atoms with Gasteiger partial charge in [0, 0.05) is 11.5 Å². The molecule has 0 saturated carbocycles. The molecule has 0 amide bonds. The van der Waals surface area contributed by atoms with E-state index in [0.717, 1.165) is 5.56 Å². The Morgan fingerprint density at radius 3 is 2.55 bits per heavy atom. The first-order chi connectivity index (χ1) is 9.61. The fourth-order valence-electron chi connectivity index (χ4n) is 2.32. The van der Waals surface area contributed by atoms with E-state index in [2.05, 4.69) is 0 Å². The van der Waals surface area contributed by atoms with E-state index in [9.17, 15) is 4.79 Å². The van der Waals surface area contributed by atoms with E-state index in [1.54, 1.807) is 0 Å². The number of esters is 1. The molecule has 0 radical (unpaired) electrons. The average Bonchev–Trinajstić information content (AvgIpc) is 2.45. The van der Waals surface area contributed by atoms with Crippen LogP contribution in [0.25, 0.3) is 0 Å². The van der Waals surface area contributed by atoms with E-state index in [-0.39, 0.29) is 30.5 Å². The van der Waals surface area contributed by atoms with Gasteiger partial charge in [0.25, 0.3) is 0 Å².